The molecular formula is C14H21NOS. The topological polar surface area (TPSA) is 21.3 Å². The highest BCUT2D eigenvalue weighted by molar-refractivity contribution is 7.98. The Morgan fingerprint density at radius 2 is 2.29 bits per heavy atom. The molecule has 0 fully saturated rings. The first-order valence-corrected chi connectivity index (χ1v) is 7.40. The average molecular weight is 251 g/mol. The molecule has 3 heteroatoms. The number of aryl methyl sites for hydroxylation is 1. The highest BCUT2D eigenvalue weighted by Gasteiger charge is 2.24. The van der Waals surface area contributed by atoms with Gasteiger partial charge in [0.25, 0.3) is 0 Å². The van der Waals surface area contributed by atoms with Gasteiger partial charge in [-0.3, -0.25) is 0 Å². The lowest BCUT2D eigenvalue weighted by atomic mass is 9.95. The average Bonchev–Trinajstić information content (AvgIpc) is 2.36. The van der Waals surface area contributed by atoms with Crippen LogP contribution in [0.2, 0.25) is 0 Å². The molecule has 0 amide bonds. The highest BCUT2D eigenvalue weighted by atomic mass is 32.2. The van der Waals surface area contributed by atoms with Crippen molar-refractivity contribution in [3.8, 4) is 5.75 Å². The van der Waals surface area contributed by atoms with Gasteiger partial charge >= 0.3 is 0 Å². The molecular weight excluding hydrogens is 230 g/mol. The molecule has 0 aliphatic carbocycles. The van der Waals surface area contributed by atoms with Crippen molar-refractivity contribution in [3.63, 3.8) is 0 Å². The standard InChI is InChI=1S/C14H21NOS/c1-4-7-15-12-9-17-8-11-13(16-3)6-5-10(2)14(11)12/h5-6,12,15H,4,7-9H2,1-3H3. The number of hydrogen-bond acceptors (Lipinski definition) is 3. The Kier molecular flexibility index (Phi) is 4.35. The number of fused-ring (bicyclic) bond motifs is 1. The van der Waals surface area contributed by atoms with Gasteiger partial charge in [0.1, 0.15) is 5.75 Å². The summed E-state index contributed by atoms with van der Waals surface area (Å²) in [6.07, 6.45) is 1.18. The van der Waals surface area contributed by atoms with E-state index in [2.05, 4.69) is 31.3 Å². The second-order valence-electron chi connectivity index (χ2n) is 4.50. The summed E-state index contributed by atoms with van der Waals surface area (Å²) in [7, 11) is 1.76. The first kappa shape index (κ1) is 12.8. The molecule has 1 aliphatic rings. The molecule has 2 rings (SSSR count). The van der Waals surface area contributed by atoms with E-state index >= 15 is 0 Å². The number of hydrogen-bond donors (Lipinski definition) is 1. The summed E-state index contributed by atoms with van der Waals surface area (Å²) in [6, 6.07) is 4.75. The minimum Gasteiger partial charge on any atom is -0.496 e. The van der Waals surface area contributed by atoms with Gasteiger partial charge in [-0.15, -0.1) is 0 Å². The lowest BCUT2D eigenvalue weighted by molar-refractivity contribution is 0.408. The van der Waals surface area contributed by atoms with Crippen molar-refractivity contribution in [2.75, 3.05) is 19.4 Å². The summed E-state index contributed by atoms with van der Waals surface area (Å²) in [5.41, 5.74) is 4.24. The molecule has 1 heterocycles. The van der Waals surface area contributed by atoms with Crippen LogP contribution < -0.4 is 10.1 Å². The fraction of sp³-hybridized carbons (Fsp3) is 0.571. The predicted octanol–water partition coefficient (Wildman–Crippen LogP) is 3.29. The third-order valence-corrected chi connectivity index (χ3v) is 4.33. The fourth-order valence-electron chi connectivity index (χ4n) is 2.43. The molecule has 0 radical (unpaired) electrons. The first-order chi connectivity index (χ1) is 8.27. The van der Waals surface area contributed by atoms with Crippen molar-refractivity contribution in [2.24, 2.45) is 0 Å². The largest absolute Gasteiger partial charge is 0.496 e. The summed E-state index contributed by atoms with van der Waals surface area (Å²) in [4.78, 5) is 0. The van der Waals surface area contributed by atoms with E-state index in [1.165, 1.54) is 28.9 Å². The van der Waals surface area contributed by atoms with Gasteiger partial charge in [0.2, 0.25) is 0 Å². The van der Waals surface area contributed by atoms with Gasteiger partial charge in [0.15, 0.2) is 0 Å². The molecule has 1 aromatic rings. The molecule has 0 spiro atoms. The van der Waals surface area contributed by atoms with Crippen LogP contribution in [0.4, 0.5) is 0 Å². The van der Waals surface area contributed by atoms with Crippen LogP contribution in [0, 0.1) is 6.92 Å². The van der Waals surface area contributed by atoms with Crippen LogP contribution in [-0.4, -0.2) is 19.4 Å². The zero-order valence-corrected chi connectivity index (χ0v) is 11.7. The van der Waals surface area contributed by atoms with Crippen molar-refractivity contribution < 1.29 is 4.74 Å². The second-order valence-corrected chi connectivity index (χ2v) is 5.53. The van der Waals surface area contributed by atoms with E-state index in [0.717, 1.165) is 18.0 Å². The zero-order chi connectivity index (χ0) is 12.3. The van der Waals surface area contributed by atoms with E-state index < -0.39 is 0 Å². The molecule has 0 saturated carbocycles. The Labute approximate surface area is 108 Å². The van der Waals surface area contributed by atoms with E-state index in [-0.39, 0.29) is 0 Å². The second kappa shape index (κ2) is 5.78. The summed E-state index contributed by atoms with van der Waals surface area (Å²) in [5.74, 6) is 3.28. The molecule has 1 unspecified atom stereocenters. The lowest BCUT2D eigenvalue weighted by Gasteiger charge is -2.29. The number of benzene rings is 1. The normalized spacial score (nSPS) is 18.9. The molecule has 1 aliphatic heterocycles. The number of nitrogens with one attached hydrogen (secondary N) is 1. The Morgan fingerprint density at radius 3 is 3.00 bits per heavy atom. The van der Waals surface area contributed by atoms with Crippen LogP contribution in [-0.2, 0) is 5.75 Å². The summed E-state index contributed by atoms with van der Waals surface area (Å²) in [6.45, 7) is 5.50. The van der Waals surface area contributed by atoms with Crippen LogP contribution >= 0.6 is 11.8 Å². The number of thioether (sulfide) groups is 1. The van der Waals surface area contributed by atoms with Gasteiger partial charge in [-0.25, -0.2) is 0 Å². The van der Waals surface area contributed by atoms with Gasteiger partial charge < -0.3 is 10.1 Å². The third kappa shape index (κ3) is 2.61. The van der Waals surface area contributed by atoms with Crippen LogP contribution in [0.3, 0.4) is 0 Å². The number of ether oxygens (including phenoxy) is 1. The summed E-state index contributed by atoms with van der Waals surface area (Å²) in [5, 5.41) is 3.64. The van der Waals surface area contributed by atoms with Crippen LogP contribution in [0.15, 0.2) is 12.1 Å². The van der Waals surface area contributed by atoms with Gasteiger partial charge in [-0.2, -0.15) is 11.8 Å². The quantitative estimate of drug-likeness (QED) is 0.887. The molecule has 0 bridgehead atoms. The monoisotopic (exact) mass is 251 g/mol. The highest BCUT2D eigenvalue weighted by Crippen LogP contribution is 2.38. The maximum atomic E-state index is 5.48. The maximum Gasteiger partial charge on any atom is 0.123 e. The van der Waals surface area contributed by atoms with Gasteiger partial charge in [-0.1, -0.05) is 13.0 Å². The Morgan fingerprint density at radius 1 is 1.47 bits per heavy atom. The fourth-order valence-corrected chi connectivity index (χ4v) is 3.57. The maximum absolute atomic E-state index is 5.48. The zero-order valence-electron chi connectivity index (χ0n) is 10.9. The summed E-state index contributed by atoms with van der Waals surface area (Å²) < 4.78 is 5.48. The van der Waals surface area contributed by atoms with E-state index in [0.29, 0.717) is 6.04 Å². The minimum atomic E-state index is 0.485. The molecule has 1 atom stereocenters. The van der Waals surface area contributed by atoms with Gasteiger partial charge in [0, 0.05) is 23.1 Å². The molecule has 0 aromatic heterocycles. The van der Waals surface area contributed by atoms with E-state index in [1.807, 2.05) is 11.8 Å². The van der Waals surface area contributed by atoms with Crippen LogP contribution in [0.1, 0.15) is 36.1 Å². The van der Waals surface area contributed by atoms with E-state index in [1.54, 1.807) is 7.11 Å². The van der Waals surface area contributed by atoms with Crippen molar-refractivity contribution >= 4 is 11.8 Å². The van der Waals surface area contributed by atoms with Crippen LogP contribution in [0.5, 0.6) is 5.75 Å². The smallest absolute Gasteiger partial charge is 0.123 e. The van der Waals surface area contributed by atoms with E-state index in [9.17, 15) is 0 Å². The Hall–Kier alpha value is -0.670. The van der Waals surface area contributed by atoms with E-state index in [4.69, 9.17) is 4.74 Å². The number of methoxy groups -OCH3 is 1. The molecule has 1 aromatic carbocycles. The van der Waals surface area contributed by atoms with Crippen molar-refractivity contribution in [3.05, 3.63) is 28.8 Å². The molecule has 17 heavy (non-hydrogen) atoms. The summed E-state index contributed by atoms with van der Waals surface area (Å²) >= 11 is 1.99. The Balaban J connectivity index is 2.35. The third-order valence-electron chi connectivity index (χ3n) is 3.27. The number of rotatable bonds is 4. The SMILES string of the molecule is CCCNC1CSCc2c(OC)ccc(C)c21. The van der Waals surface area contributed by atoms with Gasteiger partial charge in [0.05, 0.1) is 7.11 Å². The van der Waals surface area contributed by atoms with Crippen molar-refractivity contribution in [1.29, 1.82) is 0 Å². The molecule has 0 saturated heterocycles. The molecule has 94 valence electrons. The molecule has 2 nitrogen and oxygen atoms in total. The van der Waals surface area contributed by atoms with Crippen molar-refractivity contribution in [1.82, 2.24) is 5.32 Å². The van der Waals surface area contributed by atoms with Crippen LogP contribution in [0.25, 0.3) is 0 Å². The Bertz CT molecular complexity index is 392. The lowest BCUT2D eigenvalue weighted by Crippen LogP contribution is -2.28. The van der Waals surface area contributed by atoms with Gasteiger partial charge in [-0.05, 0) is 37.1 Å². The minimum absolute atomic E-state index is 0.485. The van der Waals surface area contributed by atoms with Crippen molar-refractivity contribution in [2.45, 2.75) is 32.1 Å². The first-order valence-electron chi connectivity index (χ1n) is 6.25. The predicted molar refractivity (Wildman–Crippen MR) is 74.9 cm³/mol. The molecule has 1 N–H and O–H groups in total.